The summed E-state index contributed by atoms with van der Waals surface area (Å²) in [5.41, 5.74) is 3.03. The van der Waals surface area contributed by atoms with E-state index in [0.717, 1.165) is 22.7 Å². The third-order valence-corrected chi connectivity index (χ3v) is 5.63. The second-order valence-corrected chi connectivity index (χ2v) is 7.81. The van der Waals surface area contributed by atoms with Crippen molar-refractivity contribution in [3.05, 3.63) is 77.9 Å². The average Bonchev–Trinajstić information content (AvgIpc) is 3.57. The summed E-state index contributed by atoms with van der Waals surface area (Å²) in [5, 5.41) is 7.26. The number of nitrogens with one attached hydrogen (secondary N) is 1. The van der Waals surface area contributed by atoms with Crippen molar-refractivity contribution in [2.75, 3.05) is 5.32 Å². The molecule has 0 radical (unpaired) electrons. The first-order chi connectivity index (χ1) is 15.7. The van der Waals surface area contributed by atoms with E-state index in [1.807, 2.05) is 48.1 Å². The van der Waals surface area contributed by atoms with E-state index in [2.05, 4.69) is 31.7 Å². The van der Waals surface area contributed by atoms with Gasteiger partial charge in [0, 0.05) is 25.4 Å². The van der Waals surface area contributed by atoms with Crippen molar-refractivity contribution in [2.45, 2.75) is 31.7 Å². The smallest absolute Gasteiger partial charge is 0.414 e. The molecule has 1 aliphatic rings. The molecule has 1 N–H and O–H groups in total. The summed E-state index contributed by atoms with van der Waals surface area (Å²) < 4.78 is 5.16. The van der Waals surface area contributed by atoms with Crippen molar-refractivity contribution in [1.82, 2.24) is 33.7 Å². The minimum atomic E-state index is -0.102. The number of rotatable bonds is 3. The van der Waals surface area contributed by atoms with Crippen LogP contribution in [0.2, 0.25) is 0 Å². The Morgan fingerprint density at radius 2 is 1.91 bits per heavy atom. The molecule has 5 aromatic heterocycles. The number of imidazole rings is 1. The fraction of sp³-hybridized carbons (Fsp3) is 0.261. The number of hydrogen-bond acceptors (Lipinski definition) is 6. The molecular formula is C23H23N8NaO. The van der Waals surface area contributed by atoms with Gasteiger partial charge in [-0.3, -0.25) is 14.5 Å². The Balaban J connectivity index is 0.000000217. The van der Waals surface area contributed by atoms with Gasteiger partial charge in [0.05, 0.1) is 23.7 Å². The number of nitrogens with zero attached hydrogens (tertiary/aromatic N) is 7. The normalized spacial score (nSPS) is 13.5. The quantitative estimate of drug-likeness (QED) is 0.307. The van der Waals surface area contributed by atoms with Gasteiger partial charge in [0.1, 0.15) is 5.82 Å². The topological polar surface area (TPSA) is 94.9 Å². The van der Waals surface area contributed by atoms with Gasteiger partial charge in [-0.05, 0) is 49.1 Å². The predicted molar refractivity (Wildman–Crippen MR) is 122 cm³/mol. The first-order valence-corrected chi connectivity index (χ1v) is 10.6. The molecule has 1 aliphatic carbocycles. The zero-order valence-electron chi connectivity index (χ0n) is 18.7. The van der Waals surface area contributed by atoms with Crippen LogP contribution < -0.4 is 40.4 Å². The van der Waals surface area contributed by atoms with Crippen molar-refractivity contribution in [2.24, 2.45) is 7.05 Å². The van der Waals surface area contributed by atoms with E-state index in [9.17, 15) is 4.79 Å². The summed E-state index contributed by atoms with van der Waals surface area (Å²) in [5.74, 6) is 0.863. The predicted octanol–water partition coefficient (Wildman–Crippen LogP) is 0.00719. The minimum Gasteiger partial charge on any atom is -0.414 e. The molecule has 0 unspecified atom stereocenters. The maximum Gasteiger partial charge on any atom is 1.00 e. The van der Waals surface area contributed by atoms with Crippen molar-refractivity contribution in [1.29, 1.82) is 0 Å². The van der Waals surface area contributed by atoms with Crippen LogP contribution in [0.1, 0.15) is 25.7 Å². The molecular weight excluding hydrogens is 427 g/mol. The molecule has 162 valence electrons. The third kappa shape index (κ3) is 5.00. The number of hydrogen-bond donors (Lipinski definition) is 1. The van der Waals surface area contributed by atoms with E-state index < -0.39 is 0 Å². The Bertz CT molecular complexity index is 1370. The van der Waals surface area contributed by atoms with Gasteiger partial charge in [0.25, 0.3) is 5.56 Å². The number of fused-ring (bicyclic) bond motifs is 2. The van der Waals surface area contributed by atoms with E-state index in [1.165, 1.54) is 25.7 Å². The van der Waals surface area contributed by atoms with Crippen LogP contribution >= 0.6 is 0 Å². The minimum absolute atomic E-state index is 0. The first-order valence-electron chi connectivity index (χ1n) is 10.6. The summed E-state index contributed by atoms with van der Waals surface area (Å²) >= 11 is 0. The number of anilines is 1. The van der Waals surface area contributed by atoms with Gasteiger partial charge in [-0.25, -0.2) is 9.97 Å². The Morgan fingerprint density at radius 3 is 2.67 bits per heavy atom. The summed E-state index contributed by atoms with van der Waals surface area (Å²) in [4.78, 5) is 24.9. The zero-order valence-corrected chi connectivity index (χ0v) is 20.7. The van der Waals surface area contributed by atoms with Gasteiger partial charge in [-0.2, -0.15) is 0 Å². The van der Waals surface area contributed by atoms with Crippen LogP contribution in [-0.4, -0.2) is 39.7 Å². The Hall–Kier alpha value is -3.01. The van der Waals surface area contributed by atoms with Crippen LogP contribution in [-0.2, 0) is 7.05 Å². The maximum absolute atomic E-state index is 12.3. The zero-order chi connectivity index (χ0) is 21.9. The van der Waals surface area contributed by atoms with E-state index in [-0.39, 0.29) is 35.1 Å². The van der Waals surface area contributed by atoms with Crippen molar-refractivity contribution >= 4 is 22.6 Å². The average molecular weight is 450 g/mol. The van der Waals surface area contributed by atoms with Crippen LogP contribution in [0.3, 0.4) is 0 Å². The first kappa shape index (κ1) is 23.2. The molecule has 0 amide bonds. The molecule has 1 fully saturated rings. The van der Waals surface area contributed by atoms with Crippen LogP contribution in [0, 0.1) is 6.33 Å². The fourth-order valence-corrected chi connectivity index (χ4v) is 3.97. The van der Waals surface area contributed by atoms with Gasteiger partial charge >= 0.3 is 29.6 Å². The monoisotopic (exact) mass is 450 g/mol. The second kappa shape index (κ2) is 10.3. The van der Waals surface area contributed by atoms with Gasteiger partial charge in [0.2, 0.25) is 0 Å². The second-order valence-electron chi connectivity index (χ2n) is 7.81. The molecule has 0 aromatic carbocycles. The number of aryl methyl sites for hydroxylation is 1. The van der Waals surface area contributed by atoms with Gasteiger partial charge in [-0.1, -0.05) is 18.9 Å². The van der Waals surface area contributed by atoms with Gasteiger partial charge in [0.15, 0.2) is 5.65 Å². The van der Waals surface area contributed by atoms with Gasteiger partial charge < -0.3 is 19.4 Å². The standard InChI is InChI=1S/C17H19N5O.C6H4N3.Na/c1-21-11-19-17-14(21)7-9-16(23)22(17)13-6-8-15(18-10-13)20-12-4-2-3-5-12;1-2-4-9-6(3-1)7-5-8-9;/h6-12H,2-5H2,1H3,(H,18,20);1-4H;/q;-1;+1. The van der Waals surface area contributed by atoms with Crippen LogP contribution in [0.4, 0.5) is 5.82 Å². The molecule has 9 nitrogen and oxygen atoms in total. The molecule has 0 bridgehead atoms. The van der Waals surface area contributed by atoms with E-state index in [1.54, 1.807) is 33.7 Å². The molecule has 0 atom stereocenters. The Morgan fingerprint density at radius 1 is 1.06 bits per heavy atom. The largest absolute Gasteiger partial charge is 1.00 e. The molecule has 10 heteroatoms. The summed E-state index contributed by atoms with van der Waals surface area (Å²) in [6, 6.07) is 13.4. The summed E-state index contributed by atoms with van der Waals surface area (Å²) in [6.07, 6.45) is 12.8. The van der Waals surface area contributed by atoms with E-state index in [0.29, 0.717) is 11.7 Å². The molecule has 33 heavy (non-hydrogen) atoms. The summed E-state index contributed by atoms with van der Waals surface area (Å²) in [6.45, 7) is 0. The Labute approximate surface area is 212 Å². The molecule has 6 rings (SSSR count). The molecule has 5 heterocycles. The number of pyridine rings is 3. The SMILES string of the molecule is Cn1cnc2c1ccc(=O)n2-c1ccc(NC2CCCC2)nc1.[Na+].[c-]1nc2ccccn2n1. The van der Waals surface area contributed by atoms with Crippen molar-refractivity contribution in [3.63, 3.8) is 0 Å². The summed E-state index contributed by atoms with van der Waals surface area (Å²) in [7, 11) is 1.91. The van der Waals surface area contributed by atoms with Crippen LogP contribution in [0.25, 0.3) is 22.5 Å². The fourth-order valence-electron chi connectivity index (χ4n) is 3.97. The molecule has 1 saturated carbocycles. The third-order valence-electron chi connectivity index (χ3n) is 5.63. The molecule has 0 saturated heterocycles. The maximum atomic E-state index is 12.3. The van der Waals surface area contributed by atoms with Crippen LogP contribution in [0.5, 0.6) is 0 Å². The Kier molecular flexibility index (Phi) is 7.22. The van der Waals surface area contributed by atoms with E-state index in [4.69, 9.17) is 0 Å². The van der Waals surface area contributed by atoms with Gasteiger partial charge in [-0.15, -0.1) is 6.07 Å². The molecule has 5 aromatic rings. The van der Waals surface area contributed by atoms with Crippen LogP contribution in [0.15, 0.2) is 66.0 Å². The number of aromatic nitrogens is 7. The molecule has 0 aliphatic heterocycles. The van der Waals surface area contributed by atoms with Crippen molar-refractivity contribution in [3.8, 4) is 5.69 Å². The molecule has 0 spiro atoms. The van der Waals surface area contributed by atoms with E-state index >= 15 is 0 Å². The van der Waals surface area contributed by atoms with Crippen molar-refractivity contribution < 1.29 is 29.6 Å².